The number of carbonyl (C=O) groups excluding carboxylic acids is 1. The molecule has 1 heterocycles. The van der Waals surface area contributed by atoms with E-state index in [1.807, 2.05) is 0 Å². The second kappa shape index (κ2) is 6.28. The first kappa shape index (κ1) is 15.5. The molecule has 0 atom stereocenters. The van der Waals surface area contributed by atoms with Gasteiger partial charge in [0.25, 0.3) is 5.56 Å². The van der Waals surface area contributed by atoms with Gasteiger partial charge in [-0.3, -0.25) is 18.7 Å². The molecule has 1 aromatic rings. The number of hydrogen-bond donors (Lipinski definition) is 1. The molecule has 6 heteroatoms. The predicted molar refractivity (Wildman–Crippen MR) is 78.7 cm³/mol. The average Bonchev–Trinajstić information content (AvgIpc) is 2.50. The van der Waals surface area contributed by atoms with E-state index in [1.54, 1.807) is 0 Å². The summed E-state index contributed by atoms with van der Waals surface area (Å²) in [7, 11) is 2.65. The van der Waals surface area contributed by atoms with Crippen LogP contribution in [0.15, 0.2) is 9.59 Å². The fraction of sp³-hybridized carbons (Fsp3) is 0.667. The lowest BCUT2D eigenvalue weighted by atomic mass is 9.85. The van der Waals surface area contributed by atoms with Crippen molar-refractivity contribution in [1.82, 2.24) is 9.13 Å². The Balaban J connectivity index is 2.19. The molecule has 0 bridgehead atoms. The zero-order valence-electron chi connectivity index (χ0n) is 12.6. The van der Waals surface area contributed by atoms with Gasteiger partial charge in [-0.15, -0.1) is 0 Å². The molecule has 1 aromatic heterocycles. The molecule has 116 valence electrons. The monoisotopic (exact) mass is 294 g/mol. The van der Waals surface area contributed by atoms with Crippen LogP contribution in [0, 0.1) is 5.92 Å². The first-order valence-electron chi connectivity index (χ1n) is 7.45. The highest BCUT2D eigenvalue weighted by atomic mass is 16.3. The van der Waals surface area contributed by atoms with E-state index >= 15 is 0 Å². The first-order valence-corrected chi connectivity index (χ1v) is 7.45. The van der Waals surface area contributed by atoms with Crippen LogP contribution in [-0.4, -0.2) is 20.0 Å². The van der Waals surface area contributed by atoms with E-state index in [-0.39, 0.29) is 17.8 Å². The summed E-state index contributed by atoms with van der Waals surface area (Å²) in [6, 6.07) is 0. The predicted octanol–water partition coefficient (Wildman–Crippen LogP) is 1.33. The second-order valence-electron chi connectivity index (χ2n) is 5.87. The Bertz CT molecular complexity index is 651. The first-order chi connectivity index (χ1) is 9.93. The van der Waals surface area contributed by atoms with Crippen molar-refractivity contribution in [2.24, 2.45) is 20.0 Å². The lowest BCUT2D eigenvalue weighted by Gasteiger charge is -2.21. The molecule has 0 spiro atoms. The molecule has 0 aromatic carbocycles. The van der Waals surface area contributed by atoms with Crippen LogP contribution < -0.4 is 11.2 Å². The van der Waals surface area contributed by atoms with Crippen molar-refractivity contribution in [2.75, 3.05) is 0 Å². The molecular weight excluding hydrogens is 272 g/mol. The van der Waals surface area contributed by atoms with Crippen LogP contribution in [0.1, 0.15) is 55.3 Å². The van der Waals surface area contributed by atoms with Crippen LogP contribution in [0.5, 0.6) is 5.88 Å². The Morgan fingerprint density at radius 1 is 1.14 bits per heavy atom. The van der Waals surface area contributed by atoms with Gasteiger partial charge in [-0.25, -0.2) is 4.79 Å². The molecule has 1 aliphatic carbocycles. The third-order valence-corrected chi connectivity index (χ3v) is 4.42. The molecule has 1 saturated carbocycles. The molecule has 1 aliphatic rings. The minimum Gasteiger partial charge on any atom is -0.494 e. The lowest BCUT2D eigenvalue weighted by molar-refractivity contribution is 0.0963. The molecule has 0 saturated heterocycles. The fourth-order valence-corrected chi connectivity index (χ4v) is 3.01. The van der Waals surface area contributed by atoms with Gasteiger partial charge in [0.05, 0.1) is 0 Å². The molecular formula is C15H22N2O4. The van der Waals surface area contributed by atoms with Gasteiger partial charge in [-0.05, 0) is 12.3 Å². The van der Waals surface area contributed by atoms with E-state index < -0.39 is 17.1 Å². The highest BCUT2D eigenvalue weighted by molar-refractivity contribution is 5.97. The summed E-state index contributed by atoms with van der Waals surface area (Å²) in [6.45, 7) is 0. The van der Waals surface area contributed by atoms with Crippen molar-refractivity contribution in [3.63, 3.8) is 0 Å². The maximum Gasteiger partial charge on any atom is 0.333 e. The van der Waals surface area contributed by atoms with Gasteiger partial charge in [-0.2, -0.15) is 0 Å². The number of ketones is 1. The number of nitrogens with zero attached hydrogens (tertiary/aromatic N) is 2. The van der Waals surface area contributed by atoms with Gasteiger partial charge >= 0.3 is 5.69 Å². The molecule has 21 heavy (non-hydrogen) atoms. The van der Waals surface area contributed by atoms with Crippen LogP contribution in [0.25, 0.3) is 0 Å². The summed E-state index contributed by atoms with van der Waals surface area (Å²) in [5, 5.41) is 9.92. The van der Waals surface area contributed by atoms with Crippen LogP contribution in [0.3, 0.4) is 0 Å². The minimum absolute atomic E-state index is 0.242. The number of aromatic hydroxyl groups is 1. The Labute approximate surface area is 123 Å². The van der Waals surface area contributed by atoms with Gasteiger partial charge in [-0.1, -0.05) is 32.1 Å². The van der Waals surface area contributed by atoms with E-state index in [9.17, 15) is 19.5 Å². The second-order valence-corrected chi connectivity index (χ2v) is 5.87. The van der Waals surface area contributed by atoms with Crippen LogP contribution in [-0.2, 0) is 14.1 Å². The van der Waals surface area contributed by atoms with Crippen molar-refractivity contribution >= 4 is 5.78 Å². The van der Waals surface area contributed by atoms with E-state index in [0.717, 1.165) is 28.4 Å². The van der Waals surface area contributed by atoms with Crippen LogP contribution in [0.2, 0.25) is 0 Å². The molecule has 1 fully saturated rings. The van der Waals surface area contributed by atoms with Gasteiger partial charge < -0.3 is 5.11 Å². The van der Waals surface area contributed by atoms with E-state index in [1.165, 1.54) is 33.4 Å². The van der Waals surface area contributed by atoms with E-state index in [2.05, 4.69) is 0 Å². The number of rotatable bonds is 4. The van der Waals surface area contributed by atoms with E-state index in [0.29, 0.717) is 5.92 Å². The molecule has 0 aliphatic heterocycles. The minimum atomic E-state index is -0.718. The Morgan fingerprint density at radius 3 is 2.38 bits per heavy atom. The van der Waals surface area contributed by atoms with Crippen molar-refractivity contribution in [1.29, 1.82) is 0 Å². The van der Waals surface area contributed by atoms with Crippen LogP contribution in [0.4, 0.5) is 0 Å². The standard InChI is InChI=1S/C15H22N2O4/c1-16-13(19)12(14(20)17(2)15(16)21)11(18)9-8-10-6-4-3-5-7-10/h10,19H,3-9H2,1-2H3. The summed E-state index contributed by atoms with van der Waals surface area (Å²) in [6.07, 6.45) is 6.90. The zero-order chi connectivity index (χ0) is 15.6. The van der Waals surface area contributed by atoms with Gasteiger partial charge in [0, 0.05) is 20.5 Å². The average molecular weight is 294 g/mol. The van der Waals surface area contributed by atoms with Gasteiger partial charge in [0.15, 0.2) is 5.78 Å². The topological polar surface area (TPSA) is 81.3 Å². The summed E-state index contributed by atoms with van der Waals surface area (Å²) in [4.78, 5) is 35.9. The lowest BCUT2D eigenvalue weighted by Crippen LogP contribution is -2.40. The third-order valence-electron chi connectivity index (χ3n) is 4.42. The maximum atomic E-state index is 12.3. The third kappa shape index (κ3) is 3.09. The smallest absolute Gasteiger partial charge is 0.333 e. The normalized spacial score (nSPS) is 16.1. The highest BCUT2D eigenvalue weighted by Crippen LogP contribution is 2.28. The Morgan fingerprint density at radius 2 is 1.76 bits per heavy atom. The number of aromatic nitrogens is 2. The molecule has 0 unspecified atom stereocenters. The SMILES string of the molecule is Cn1c(O)c(C(=O)CCC2CCCCC2)c(=O)n(C)c1=O. The van der Waals surface area contributed by atoms with Gasteiger partial charge in [0.2, 0.25) is 5.88 Å². The summed E-state index contributed by atoms with van der Waals surface area (Å²) >= 11 is 0. The summed E-state index contributed by atoms with van der Waals surface area (Å²) < 4.78 is 1.78. The van der Waals surface area contributed by atoms with Crippen molar-refractivity contribution < 1.29 is 9.90 Å². The summed E-state index contributed by atoms with van der Waals surface area (Å²) in [5.74, 6) is -0.382. The molecule has 2 rings (SSSR count). The summed E-state index contributed by atoms with van der Waals surface area (Å²) in [5.41, 5.74) is -1.62. The largest absolute Gasteiger partial charge is 0.494 e. The molecule has 6 nitrogen and oxygen atoms in total. The molecule has 1 N–H and O–H groups in total. The quantitative estimate of drug-likeness (QED) is 0.849. The maximum absolute atomic E-state index is 12.3. The van der Waals surface area contributed by atoms with Crippen LogP contribution >= 0.6 is 0 Å². The Hall–Kier alpha value is -1.85. The number of carbonyl (C=O) groups is 1. The number of Topliss-reactive ketones (excluding diaryl/α,β-unsaturated/α-hetero) is 1. The Kier molecular flexibility index (Phi) is 4.65. The highest BCUT2D eigenvalue weighted by Gasteiger charge is 2.23. The van der Waals surface area contributed by atoms with Gasteiger partial charge in [0.1, 0.15) is 5.56 Å². The van der Waals surface area contributed by atoms with Crippen molar-refractivity contribution in [3.05, 3.63) is 26.4 Å². The zero-order valence-corrected chi connectivity index (χ0v) is 12.6. The number of hydrogen-bond acceptors (Lipinski definition) is 4. The molecule has 0 amide bonds. The van der Waals surface area contributed by atoms with E-state index in [4.69, 9.17) is 0 Å². The molecule has 0 radical (unpaired) electrons. The van der Waals surface area contributed by atoms with Crippen molar-refractivity contribution in [3.8, 4) is 5.88 Å². The fourth-order valence-electron chi connectivity index (χ4n) is 3.01. The van der Waals surface area contributed by atoms with Crippen molar-refractivity contribution in [2.45, 2.75) is 44.9 Å².